The van der Waals surface area contributed by atoms with E-state index in [0.717, 1.165) is 4.90 Å². The van der Waals surface area contributed by atoms with Gasteiger partial charge in [-0.25, -0.2) is 4.79 Å². The largest absolute Gasteiger partial charge is 0.481 e. The molecule has 0 bridgehead atoms. The fraction of sp³-hybridized carbons (Fsp3) is 0.727. The molecular formula is C11H20N2O5. The first kappa shape index (κ1) is 16.2. The van der Waals surface area contributed by atoms with Crippen molar-refractivity contribution >= 4 is 18.0 Å². The van der Waals surface area contributed by atoms with Crippen LogP contribution in [0.25, 0.3) is 0 Å². The van der Waals surface area contributed by atoms with Crippen LogP contribution in [0.15, 0.2) is 0 Å². The maximum absolute atomic E-state index is 11.6. The third kappa shape index (κ3) is 5.51. The zero-order chi connectivity index (χ0) is 14.3. The Balaban J connectivity index is 4.23. The maximum atomic E-state index is 11.6. The Morgan fingerprint density at radius 3 is 2.28 bits per heavy atom. The number of hydrogen-bond acceptors (Lipinski definition) is 4. The van der Waals surface area contributed by atoms with E-state index in [1.807, 2.05) is 0 Å². The molecule has 0 saturated carbocycles. The summed E-state index contributed by atoms with van der Waals surface area (Å²) >= 11 is 0. The summed E-state index contributed by atoms with van der Waals surface area (Å²) in [7, 11) is 2.66. The SMILES string of the molecule is COC(=O)CN(C)C(=O)NCC(C(=O)O)C(C)C. The lowest BCUT2D eigenvalue weighted by atomic mass is 9.96. The highest BCUT2D eigenvalue weighted by atomic mass is 16.5. The van der Waals surface area contributed by atoms with Crippen LogP contribution in [0, 0.1) is 11.8 Å². The van der Waals surface area contributed by atoms with E-state index in [4.69, 9.17) is 5.11 Å². The molecule has 1 unspecified atom stereocenters. The molecule has 0 rings (SSSR count). The average molecular weight is 260 g/mol. The molecule has 0 saturated heterocycles. The van der Waals surface area contributed by atoms with E-state index in [-0.39, 0.29) is 19.0 Å². The Bertz CT molecular complexity index is 317. The quantitative estimate of drug-likeness (QED) is 0.663. The van der Waals surface area contributed by atoms with E-state index in [2.05, 4.69) is 10.1 Å². The first-order valence-electron chi connectivity index (χ1n) is 5.58. The van der Waals surface area contributed by atoms with Gasteiger partial charge in [0.15, 0.2) is 0 Å². The van der Waals surface area contributed by atoms with Gasteiger partial charge in [0.1, 0.15) is 6.54 Å². The number of rotatable bonds is 6. The molecule has 7 nitrogen and oxygen atoms in total. The standard InChI is InChI=1S/C11H20N2O5/c1-7(2)8(10(15)16)5-12-11(17)13(3)6-9(14)18-4/h7-8H,5-6H2,1-4H3,(H,12,17)(H,15,16). The minimum atomic E-state index is -0.957. The number of methoxy groups -OCH3 is 1. The van der Waals surface area contributed by atoms with Crippen LogP contribution in [0.5, 0.6) is 0 Å². The number of hydrogen-bond donors (Lipinski definition) is 2. The predicted octanol–water partition coefficient (Wildman–Crippen LogP) is 0.158. The molecule has 0 spiro atoms. The van der Waals surface area contributed by atoms with Crippen molar-refractivity contribution in [2.24, 2.45) is 11.8 Å². The van der Waals surface area contributed by atoms with Crippen LogP contribution >= 0.6 is 0 Å². The molecule has 2 amide bonds. The van der Waals surface area contributed by atoms with Gasteiger partial charge in [-0.05, 0) is 5.92 Å². The van der Waals surface area contributed by atoms with E-state index in [0.29, 0.717) is 0 Å². The van der Waals surface area contributed by atoms with Crippen molar-refractivity contribution in [2.75, 3.05) is 27.2 Å². The van der Waals surface area contributed by atoms with Crippen molar-refractivity contribution in [3.8, 4) is 0 Å². The first-order valence-corrected chi connectivity index (χ1v) is 5.58. The van der Waals surface area contributed by atoms with Gasteiger partial charge in [-0.15, -0.1) is 0 Å². The Labute approximate surface area is 106 Å². The molecule has 7 heteroatoms. The molecule has 0 aliphatic rings. The highest BCUT2D eigenvalue weighted by Crippen LogP contribution is 2.09. The van der Waals surface area contributed by atoms with Crippen molar-refractivity contribution in [3.05, 3.63) is 0 Å². The smallest absolute Gasteiger partial charge is 0.325 e. The summed E-state index contributed by atoms with van der Waals surface area (Å²) in [5.74, 6) is -2.23. The Kier molecular flexibility index (Phi) is 6.77. The molecule has 2 N–H and O–H groups in total. The third-order valence-corrected chi connectivity index (χ3v) is 2.54. The number of carbonyl (C=O) groups is 3. The second-order valence-corrected chi connectivity index (χ2v) is 4.31. The van der Waals surface area contributed by atoms with Gasteiger partial charge in [-0.2, -0.15) is 0 Å². The Morgan fingerprint density at radius 1 is 1.33 bits per heavy atom. The molecule has 0 aliphatic carbocycles. The van der Waals surface area contributed by atoms with Gasteiger partial charge in [0.2, 0.25) is 0 Å². The molecule has 18 heavy (non-hydrogen) atoms. The molecule has 1 atom stereocenters. The van der Waals surface area contributed by atoms with Crippen LogP contribution in [0.1, 0.15) is 13.8 Å². The van der Waals surface area contributed by atoms with Crippen LogP contribution in [0.2, 0.25) is 0 Å². The number of carboxylic acid groups (broad SMARTS) is 1. The number of carbonyl (C=O) groups excluding carboxylic acids is 2. The lowest BCUT2D eigenvalue weighted by molar-refractivity contribution is -0.143. The van der Waals surface area contributed by atoms with Crippen molar-refractivity contribution in [1.29, 1.82) is 0 Å². The van der Waals surface area contributed by atoms with Crippen LogP contribution in [-0.4, -0.2) is 55.2 Å². The number of amides is 2. The first-order chi connectivity index (χ1) is 8.29. The third-order valence-electron chi connectivity index (χ3n) is 2.54. The van der Waals surface area contributed by atoms with Gasteiger partial charge in [-0.3, -0.25) is 9.59 Å². The lowest BCUT2D eigenvalue weighted by Crippen LogP contribution is -2.44. The summed E-state index contributed by atoms with van der Waals surface area (Å²) in [4.78, 5) is 34.5. The Morgan fingerprint density at radius 2 is 1.89 bits per heavy atom. The summed E-state index contributed by atoms with van der Waals surface area (Å²) < 4.78 is 4.42. The minimum absolute atomic E-state index is 0.0251. The summed E-state index contributed by atoms with van der Waals surface area (Å²) in [6.45, 7) is 3.38. The molecule has 0 aromatic rings. The molecular weight excluding hydrogens is 240 g/mol. The number of urea groups is 1. The predicted molar refractivity (Wildman–Crippen MR) is 64.0 cm³/mol. The molecule has 0 aromatic heterocycles. The van der Waals surface area contributed by atoms with Crippen LogP contribution in [0.4, 0.5) is 4.79 Å². The highest BCUT2D eigenvalue weighted by molar-refractivity contribution is 5.81. The Hall–Kier alpha value is -1.79. The van der Waals surface area contributed by atoms with Gasteiger partial charge in [-0.1, -0.05) is 13.8 Å². The van der Waals surface area contributed by atoms with E-state index in [9.17, 15) is 14.4 Å². The van der Waals surface area contributed by atoms with E-state index >= 15 is 0 Å². The second-order valence-electron chi connectivity index (χ2n) is 4.31. The number of carboxylic acids is 1. The van der Waals surface area contributed by atoms with E-state index in [1.165, 1.54) is 14.2 Å². The molecule has 0 heterocycles. The van der Waals surface area contributed by atoms with E-state index < -0.39 is 23.9 Å². The van der Waals surface area contributed by atoms with Crippen molar-refractivity contribution < 1.29 is 24.2 Å². The number of nitrogens with zero attached hydrogens (tertiary/aromatic N) is 1. The zero-order valence-electron chi connectivity index (χ0n) is 11.1. The molecule has 0 aliphatic heterocycles. The monoisotopic (exact) mass is 260 g/mol. The fourth-order valence-electron chi connectivity index (χ4n) is 1.27. The second kappa shape index (κ2) is 7.52. The van der Waals surface area contributed by atoms with Crippen molar-refractivity contribution in [1.82, 2.24) is 10.2 Å². The number of nitrogens with one attached hydrogen (secondary N) is 1. The average Bonchev–Trinajstić information content (AvgIpc) is 2.27. The maximum Gasteiger partial charge on any atom is 0.325 e. The van der Waals surface area contributed by atoms with Crippen LogP contribution in [-0.2, 0) is 14.3 Å². The number of ether oxygens (including phenoxy) is 1. The molecule has 104 valence electrons. The van der Waals surface area contributed by atoms with E-state index in [1.54, 1.807) is 13.8 Å². The van der Waals surface area contributed by atoms with Gasteiger partial charge < -0.3 is 20.1 Å². The number of aliphatic carboxylic acids is 1. The highest BCUT2D eigenvalue weighted by Gasteiger charge is 2.23. The topological polar surface area (TPSA) is 95.9 Å². The number of esters is 1. The summed E-state index contributed by atoms with van der Waals surface area (Å²) in [5.41, 5.74) is 0. The molecule has 0 aromatic carbocycles. The normalized spacial score (nSPS) is 11.8. The van der Waals surface area contributed by atoms with Crippen molar-refractivity contribution in [2.45, 2.75) is 13.8 Å². The molecule has 0 fully saturated rings. The summed E-state index contributed by atoms with van der Waals surface area (Å²) in [6, 6.07) is -0.507. The van der Waals surface area contributed by atoms with Gasteiger partial charge in [0.05, 0.1) is 13.0 Å². The molecule has 0 radical (unpaired) electrons. The van der Waals surface area contributed by atoms with Gasteiger partial charge in [0, 0.05) is 13.6 Å². The van der Waals surface area contributed by atoms with Crippen LogP contribution < -0.4 is 5.32 Å². The van der Waals surface area contributed by atoms with Gasteiger partial charge >= 0.3 is 18.0 Å². The van der Waals surface area contributed by atoms with Gasteiger partial charge in [0.25, 0.3) is 0 Å². The lowest BCUT2D eigenvalue weighted by Gasteiger charge is -2.20. The summed E-state index contributed by atoms with van der Waals surface area (Å²) in [5, 5.41) is 11.4. The van der Waals surface area contributed by atoms with Crippen LogP contribution in [0.3, 0.4) is 0 Å². The minimum Gasteiger partial charge on any atom is -0.481 e. The summed E-state index contributed by atoms with van der Waals surface area (Å²) in [6.07, 6.45) is 0. The van der Waals surface area contributed by atoms with Crippen molar-refractivity contribution in [3.63, 3.8) is 0 Å². The fourth-order valence-corrected chi connectivity index (χ4v) is 1.27. The number of likely N-dealkylation sites (N-methyl/N-ethyl adjacent to an activating group) is 1. The zero-order valence-corrected chi connectivity index (χ0v) is 11.1.